The molecule has 3 heterocycles. The van der Waals surface area contributed by atoms with Crippen molar-refractivity contribution in [1.82, 2.24) is 10.6 Å². The van der Waals surface area contributed by atoms with E-state index in [2.05, 4.69) is 31.9 Å². The molecule has 19 nitrogen and oxygen atoms in total. The molecule has 2 aromatic rings. The average Bonchev–Trinajstić information content (AvgIpc) is 1.95. The normalized spacial score (nSPS) is 25.7. The minimum Gasteiger partial charge on any atom is -0.495 e. The topological polar surface area (TPSA) is 272 Å². The van der Waals surface area contributed by atoms with Crippen LogP contribution in [0.15, 0.2) is 58.6 Å². The summed E-state index contributed by atoms with van der Waals surface area (Å²) in [5, 5.41) is 20.4. The maximum Gasteiger partial charge on any atom is 0.412 e. The maximum absolute atomic E-state index is 14.5. The first-order valence-electron chi connectivity index (χ1n) is 28.6. The molecule has 0 radical (unpaired) electrons. The van der Waals surface area contributed by atoms with Crippen LogP contribution in [0.4, 0.5) is 21.0 Å². The number of amides is 5. The largest absolute Gasteiger partial charge is 0.495 e. The predicted molar refractivity (Wildman–Crippen MR) is 313 cm³/mol. The van der Waals surface area contributed by atoms with Crippen LogP contribution in [0, 0.1) is 23.7 Å². The van der Waals surface area contributed by atoms with Gasteiger partial charge >= 0.3 is 18.1 Å². The molecule has 6 rings (SSSR count). The molecule has 9 atom stereocenters. The number of nitrogens with one attached hydrogen (secondary N) is 3. The van der Waals surface area contributed by atoms with Gasteiger partial charge < -0.3 is 50.1 Å². The summed E-state index contributed by atoms with van der Waals surface area (Å²) in [5.41, 5.74) is 5.18. The first-order chi connectivity index (χ1) is 38.9. The number of epoxide rings is 1. The highest BCUT2D eigenvalue weighted by molar-refractivity contribution is 9.10. The first-order valence-corrected chi connectivity index (χ1v) is 29.8. The molecular formula is C61H83BrClN5O14. The molecule has 4 bridgehead atoms. The van der Waals surface area contributed by atoms with Crippen molar-refractivity contribution in [1.29, 1.82) is 0 Å². The number of carbonyl (C=O) groups excluding carboxylic acids is 8. The van der Waals surface area contributed by atoms with Gasteiger partial charge in [0.05, 0.1) is 43.5 Å². The number of nitrogens with two attached hydrogens (primary N) is 1. The van der Waals surface area contributed by atoms with E-state index in [0.29, 0.717) is 59.4 Å². The number of hydrogen-bond donors (Lipinski definition) is 5. The number of ketones is 3. The van der Waals surface area contributed by atoms with Crippen LogP contribution in [0.2, 0.25) is 5.02 Å². The predicted octanol–water partition coefficient (Wildman–Crippen LogP) is 9.37. The van der Waals surface area contributed by atoms with Crippen LogP contribution in [0.3, 0.4) is 0 Å². The number of halogens is 2. The van der Waals surface area contributed by atoms with E-state index in [-0.39, 0.29) is 79.2 Å². The second-order valence-corrected chi connectivity index (χ2v) is 24.4. The Balaban J connectivity index is 1.15. The zero-order valence-electron chi connectivity index (χ0n) is 48.6. The van der Waals surface area contributed by atoms with E-state index in [1.54, 1.807) is 63.4 Å². The van der Waals surface area contributed by atoms with Gasteiger partial charge in [0.2, 0.25) is 11.8 Å². The van der Waals surface area contributed by atoms with Gasteiger partial charge in [-0.3, -0.25) is 34.1 Å². The molecular weight excluding hydrogens is 1140 g/mol. The molecule has 5 amide bonds. The quantitative estimate of drug-likeness (QED) is 0.0372. The van der Waals surface area contributed by atoms with E-state index in [1.165, 1.54) is 19.1 Å². The summed E-state index contributed by atoms with van der Waals surface area (Å²) in [5.74, 6) is -2.45. The van der Waals surface area contributed by atoms with Gasteiger partial charge in [-0.05, 0) is 116 Å². The van der Waals surface area contributed by atoms with E-state index >= 15 is 0 Å². The van der Waals surface area contributed by atoms with Gasteiger partial charge in [0.25, 0.3) is 0 Å². The molecule has 2 aromatic carbocycles. The number of urea groups is 1. The van der Waals surface area contributed by atoms with E-state index in [0.717, 1.165) is 49.7 Å². The smallest absolute Gasteiger partial charge is 0.412 e. The summed E-state index contributed by atoms with van der Waals surface area (Å²) in [7, 11) is 4.49. The van der Waals surface area contributed by atoms with Gasteiger partial charge in [0.1, 0.15) is 51.9 Å². The fraction of sp³-hybridized carbons (Fsp3) is 0.607. The summed E-state index contributed by atoms with van der Waals surface area (Å²) in [4.78, 5) is 108. The number of methoxy groups -OCH3 is 2. The van der Waals surface area contributed by atoms with Gasteiger partial charge in [-0.25, -0.2) is 9.59 Å². The Hall–Kier alpha value is -5.67. The van der Waals surface area contributed by atoms with Crippen LogP contribution in [-0.4, -0.2) is 122 Å². The van der Waals surface area contributed by atoms with Crippen molar-refractivity contribution < 1.29 is 67.1 Å². The number of benzene rings is 2. The van der Waals surface area contributed by atoms with Gasteiger partial charge in [-0.1, -0.05) is 81.5 Å². The summed E-state index contributed by atoms with van der Waals surface area (Å²) >= 11 is 10.4. The number of Topliss-reactive ketones (excluding diaryl/α,β-unsaturated/α-hetero) is 3. The lowest BCUT2D eigenvalue weighted by atomic mass is 9.78. The second-order valence-electron chi connectivity index (χ2n) is 23.2. The lowest BCUT2D eigenvalue weighted by Crippen LogP contribution is -2.53. The van der Waals surface area contributed by atoms with Crippen LogP contribution < -0.4 is 31.3 Å². The van der Waals surface area contributed by atoms with Crippen molar-refractivity contribution in [2.45, 2.75) is 185 Å². The van der Waals surface area contributed by atoms with Crippen molar-refractivity contribution >= 4 is 86.2 Å². The molecule has 21 heteroatoms. The van der Waals surface area contributed by atoms with E-state index in [9.17, 15) is 43.5 Å². The number of anilines is 2. The Kier molecular flexibility index (Phi) is 23.7. The number of ether oxygens (including phenoxy) is 5. The number of carbonyl (C=O) groups is 8. The molecule has 0 unspecified atom stereocenters. The Morgan fingerprint density at radius 2 is 1.73 bits per heavy atom. The van der Waals surface area contributed by atoms with E-state index in [4.69, 9.17) is 41.0 Å². The number of esters is 1. The molecule has 450 valence electrons. The summed E-state index contributed by atoms with van der Waals surface area (Å²) < 4.78 is 30.1. The van der Waals surface area contributed by atoms with Crippen molar-refractivity contribution in [3.8, 4) is 5.75 Å². The third kappa shape index (κ3) is 17.7. The van der Waals surface area contributed by atoms with Crippen LogP contribution in [0.25, 0.3) is 0 Å². The number of nitrogens with zero attached hydrogens (tertiary/aromatic N) is 1. The van der Waals surface area contributed by atoms with Gasteiger partial charge in [-0.15, -0.1) is 0 Å². The van der Waals surface area contributed by atoms with Crippen molar-refractivity contribution in [3.63, 3.8) is 0 Å². The number of unbranched alkanes of at least 4 members (excludes halogenated alkanes) is 3. The van der Waals surface area contributed by atoms with Crippen LogP contribution in [0.5, 0.6) is 5.75 Å². The number of primary amides is 1. The zero-order valence-corrected chi connectivity index (χ0v) is 50.9. The highest BCUT2D eigenvalue weighted by Crippen LogP contribution is 2.50. The lowest BCUT2D eigenvalue weighted by molar-refractivity contribution is -0.187. The average molecular weight is 1230 g/mol. The minimum absolute atomic E-state index is 0.00665. The summed E-state index contributed by atoms with van der Waals surface area (Å²) in [6.07, 6.45) is 8.01. The molecule has 1 aliphatic carbocycles. The Morgan fingerprint density at radius 3 is 2.38 bits per heavy atom. The standard InChI is InChI=1S/C61H83BrClN5O14/c1-35(2)42(31-41(69)19-11-9-10-12-21-47(70)40-17-14-18-40)57(74)66-45(20-15-25-65-58(64)75)48(71)29-38-23-24-44(43(62)27-38)67-59(76)81-52-32-53(72)68(6)46-28-39(30-49(78-7)55(46)63)26-36(3)16-13-22-51(79-8)61(77)33-50(80-54(73)34-61)37(4)56-60(52,5)82-56/h13,16,22-24,27-28,30,35,37,40,42,45,50-52,56,77H,9-12,14-15,17-21,25-26,29,31-34H2,1-8H3,(H,66,74)(H,67,76)(H3,64,65,75)/b22-13+,36-16+/t37-,42+,45+,50+,51-,52+,56+,60+,61-/m1/s1. The third-order valence-corrected chi connectivity index (χ3v) is 17.6. The minimum atomic E-state index is -1.64. The number of aliphatic hydroxyl groups is 1. The number of rotatable bonds is 24. The highest BCUT2D eigenvalue weighted by Gasteiger charge is 2.64. The number of hydrogen-bond acceptors (Lipinski definition) is 14. The fourth-order valence-corrected chi connectivity index (χ4v) is 12.1. The molecule has 2 saturated heterocycles. The zero-order chi connectivity index (χ0) is 60.1. The molecule has 3 aliphatic heterocycles. The SMILES string of the molecule is COc1cc2cc(c1Cl)N(C)C(=O)C[C@H](OC(=O)Nc1ccc(CC(=O)[C@H](CCCNC(N)=O)NC(=O)[C@@H](CC(=O)CCCCCCC(=O)C3CCC3)C(C)C)cc1Br)[C@]1(C)O[C@H]1[C@H](C)[C@@H]1C[C@@](O)(CC(=O)O1)[C@H](OC)/C=C/C=C(\C)C2. The Labute approximate surface area is 495 Å². The highest BCUT2D eigenvalue weighted by atomic mass is 79.9. The van der Waals surface area contributed by atoms with Crippen LogP contribution in [0.1, 0.15) is 142 Å². The van der Waals surface area contributed by atoms with Crippen LogP contribution in [-0.2, 0) is 60.6 Å². The summed E-state index contributed by atoms with van der Waals surface area (Å²) in [6, 6.07) is 6.70. The molecule has 4 aliphatic rings. The van der Waals surface area contributed by atoms with E-state index < -0.39 is 83.4 Å². The summed E-state index contributed by atoms with van der Waals surface area (Å²) in [6.45, 7) is 9.29. The molecule has 82 heavy (non-hydrogen) atoms. The molecule has 3 fully saturated rings. The monoisotopic (exact) mass is 1220 g/mol. The van der Waals surface area contributed by atoms with Crippen molar-refractivity contribution in [3.05, 3.63) is 74.8 Å². The van der Waals surface area contributed by atoms with Gasteiger partial charge in [-0.2, -0.15) is 0 Å². The number of fused-ring (bicyclic) bond motifs is 5. The Morgan fingerprint density at radius 1 is 1.01 bits per heavy atom. The molecule has 0 spiro atoms. The fourth-order valence-electron chi connectivity index (χ4n) is 11.2. The lowest BCUT2D eigenvalue weighted by Gasteiger charge is -2.41. The molecule has 6 N–H and O–H groups in total. The van der Waals surface area contributed by atoms with Crippen molar-refractivity contribution in [2.24, 2.45) is 29.4 Å². The first kappa shape index (κ1) is 65.5. The Bertz CT molecular complexity index is 2730. The number of allylic oxidation sites excluding steroid dienone is 3. The second kappa shape index (κ2) is 29.7. The van der Waals surface area contributed by atoms with Gasteiger partial charge in [0.15, 0.2) is 5.78 Å². The maximum atomic E-state index is 14.5. The van der Waals surface area contributed by atoms with Crippen LogP contribution >= 0.6 is 27.5 Å². The van der Waals surface area contributed by atoms with E-state index in [1.807, 2.05) is 26.8 Å². The molecule has 1 saturated carbocycles. The van der Waals surface area contributed by atoms with Gasteiger partial charge in [0, 0.05) is 75.0 Å². The van der Waals surface area contributed by atoms with Crippen molar-refractivity contribution in [2.75, 3.05) is 38.0 Å². The third-order valence-electron chi connectivity index (χ3n) is 16.6. The molecule has 0 aromatic heterocycles.